The lowest BCUT2D eigenvalue weighted by atomic mass is 9.91. The van der Waals surface area contributed by atoms with Gasteiger partial charge in [-0.15, -0.1) is 0 Å². The van der Waals surface area contributed by atoms with E-state index in [9.17, 15) is 5.11 Å². The Labute approximate surface area is 113 Å². The minimum Gasteiger partial charge on any atom is -0.388 e. The Bertz CT molecular complexity index is 517. The van der Waals surface area contributed by atoms with Gasteiger partial charge in [0.2, 0.25) is 0 Å². The molecule has 2 heterocycles. The van der Waals surface area contributed by atoms with Crippen molar-refractivity contribution in [2.24, 2.45) is 5.92 Å². The van der Waals surface area contributed by atoms with Crippen LogP contribution in [0.25, 0.3) is 5.69 Å². The van der Waals surface area contributed by atoms with Crippen molar-refractivity contribution in [2.75, 3.05) is 13.1 Å². The van der Waals surface area contributed by atoms with E-state index in [4.69, 9.17) is 0 Å². The minimum atomic E-state index is -0.426. The van der Waals surface area contributed by atoms with E-state index in [1.807, 2.05) is 41.2 Å². The molecule has 0 bridgehead atoms. The van der Waals surface area contributed by atoms with Gasteiger partial charge in [-0.3, -0.25) is 0 Å². The molecule has 0 spiro atoms. The number of para-hydroxylation sites is 1. The maximum atomic E-state index is 10.4. The molecular weight excluding hydrogens is 238 g/mol. The molecule has 100 valence electrons. The number of hydrogen-bond donors (Lipinski definition) is 2. The number of hydrogen-bond acceptors (Lipinski definition) is 3. The maximum absolute atomic E-state index is 10.4. The maximum Gasteiger partial charge on any atom is 0.0860 e. The average molecular weight is 257 g/mol. The summed E-state index contributed by atoms with van der Waals surface area (Å²) in [5.41, 5.74) is 1.92. The first kappa shape index (κ1) is 12.4. The van der Waals surface area contributed by atoms with Crippen molar-refractivity contribution in [3.05, 3.63) is 48.3 Å². The Kier molecular flexibility index (Phi) is 3.62. The van der Waals surface area contributed by atoms with Crippen LogP contribution in [0.1, 0.15) is 24.5 Å². The predicted octanol–water partition coefficient (Wildman–Crippen LogP) is 1.91. The molecule has 2 N–H and O–H groups in total. The summed E-state index contributed by atoms with van der Waals surface area (Å²) < 4.78 is 1.81. The minimum absolute atomic E-state index is 0.294. The second-order valence-corrected chi connectivity index (χ2v) is 5.11. The molecule has 0 saturated carbocycles. The van der Waals surface area contributed by atoms with Crippen LogP contribution < -0.4 is 5.32 Å². The number of piperidine rings is 1. The lowest BCUT2D eigenvalue weighted by Crippen LogP contribution is -2.33. The molecule has 19 heavy (non-hydrogen) atoms. The highest BCUT2D eigenvalue weighted by Crippen LogP contribution is 2.27. The highest BCUT2D eigenvalue weighted by Gasteiger charge is 2.24. The Morgan fingerprint density at radius 1 is 1.32 bits per heavy atom. The molecule has 1 fully saturated rings. The van der Waals surface area contributed by atoms with Gasteiger partial charge in [0, 0.05) is 24.2 Å². The van der Waals surface area contributed by atoms with Crippen LogP contribution in [0.2, 0.25) is 0 Å². The Balaban J connectivity index is 1.77. The van der Waals surface area contributed by atoms with E-state index in [0.717, 1.165) is 37.2 Å². The summed E-state index contributed by atoms with van der Waals surface area (Å²) in [7, 11) is 0. The third-order valence-electron chi connectivity index (χ3n) is 3.75. The van der Waals surface area contributed by atoms with E-state index in [1.165, 1.54) is 0 Å². The summed E-state index contributed by atoms with van der Waals surface area (Å²) in [6.07, 6.45) is 5.48. The number of benzene rings is 1. The highest BCUT2D eigenvalue weighted by molar-refractivity contribution is 5.31. The lowest BCUT2D eigenvalue weighted by molar-refractivity contribution is 0.0921. The van der Waals surface area contributed by atoms with Crippen molar-refractivity contribution < 1.29 is 5.11 Å². The molecule has 2 aromatic rings. The molecular formula is C15H19N3O. The molecule has 0 aliphatic carbocycles. The predicted molar refractivity (Wildman–Crippen MR) is 74.1 cm³/mol. The van der Waals surface area contributed by atoms with Crippen molar-refractivity contribution in [2.45, 2.75) is 18.9 Å². The highest BCUT2D eigenvalue weighted by atomic mass is 16.3. The fourth-order valence-corrected chi connectivity index (χ4v) is 2.63. The second-order valence-electron chi connectivity index (χ2n) is 5.11. The summed E-state index contributed by atoms with van der Waals surface area (Å²) >= 11 is 0. The smallest absolute Gasteiger partial charge is 0.0860 e. The number of aliphatic hydroxyl groups excluding tert-OH is 1. The second kappa shape index (κ2) is 5.55. The molecule has 2 unspecified atom stereocenters. The van der Waals surface area contributed by atoms with E-state index in [-0.39, 0.29) is 0 Å². The first-order valence-corrected chi connectivity index (χ1v) is 6.83. The zero-order valence-electron chi connectivity index (χ0n) is 10.9. The van der Waals surface area contributed by atoms with Gasteiger partial charge in [0.05, 0.1) is 18.0 Å². The third kappa shape index (κ3) is 2.69. The first-order chi connectivity index (χ1) is 9.34. The number of rotatable bonds is 3. The molecule has 4 heteroatoms. The van der Waals surface area contributed by atoms with Crippen LogP contribution >= 0.6 is 0 Å². The summed E-state index contributed by atoms with van der Waals surface area (Å²) in [6.45, 7) is 1.95. The molecule has 1 aliphatic rings. The van der Waals surface area contributed by atoms with Crippen LogP contribution in [-0.2, 0) is 0 Å². The Hall–Kier alpha value is -1.65. The van der Waals surface area contributed by atoms with Crippen molar-refractivity contribution in [3.63, 3.8) is 0 Å². The van der Waals surface area contributed by atoms with Gasteiger partial charge in [-0.05, 0) is 31.5 Å². The lowest BCUT2D eigenvalue weighted by Gasteiger charge is -2.26. The van der Waals surface area contributed by atoms with Crippen LogP contribution in [0.3, 0.4) is 0 Å². The van der Waals surface area contributed by atoms with Gasteiger partial charge in [0.25, 0.3) is 0 Å². The van der Waals surface area contributed by atoms with Crippen LogP contribution in [0.4, 0.5) is 0 Å². The first-order valence-electron chi connectivity index (χ1n) is 6.83. The topological polar surface area (TPSA) is 50.1 Å². The molecule has 1 aliphatic heterocycles. The molecule has 3 rings (SSSR count). The number of nitrogens with zero attached hydrogens (tertiary/aromatic N) is 2. The molecule has 0 amide bonds. The van der Waals surface area contributed by atoms with Gasteiger partial charge in [-0.2, -0.15) is 5.10 Å². The van der Waals surface area contributed by atoms with Gasteiger partial charge in [0.15, 0.2) is 0 Å². The number of aromatic nitrogens is 2. The van der Waals surface area contributed by atoms with E-state index in [0.29, 0.717) is 5.92 Å². The molecule has 4 nitrogen and oxygen atoms in total. The quantitative estimate of drug-likeness (QED) is 0.883. The van der Waals surface area contributed by atoms with Crippen molar-refractivity contribution in [1.82, 2.24) is 15.1 Å². The SMILES string of the molecule is OC(c1cnn(-c2ccccc2)c1)C1CCCNC1. The Morgan fingerprint density at radius 2 is 2.16 bits per heavy atom. The largest absolute Gasteiger partial charge is 0.388 e. The van der Waals surface area contributed by atoms with Gasteiger partial charge >= 0.3 is 0 Å². The fourth-order valence-electron chi connectivity index (χ4n) is 2.63. The fraction of sp³-hybridized carbons (Fsp3) is 0.400. The van der Waals surface area contributed by atoms with Gasteiger partial charge in [0.1, 0.15) is 0 Å². The standard InChI is InChI=1S/C15H19N3O/c19-15(12-5-4-8-16-9-12)13-10-17-18(11-13)14-6-2-1-3-7-14/h1-3,6-7,10-12,15-16,19H,4-5,8-9H2. The number of nitrogens with one attached hydrogen (secondary N) is 1. The van der Waals surface area contributed by atoms with Crippen LogP contribution in [0.15, 0.2) is 42.7 Å². The van der Waals surface area contributed by atoms with Crippen LogP contribution in [0.5, 0.6) is 0 Å². The number of aliphatic hydroxyl groups is 1. The monoisotopic (exact) mass is 257 g/mol. The van der Waals surface area contributed by atoms with Gasteiger partial charge < -0.3 is 10.4 Å². The summed E-state index contributed by atoms with van der Waals surface area (Å²) in [5.74, 6) is 0.294. The molecule has 1 aromatic carbocycles. The van der Waals surface area contributed by atoms with Gasteiger partial charge in [-0.1, -0.05) is 18.2 Å². The zero-order chi connectivity index (χ0) is 13.1. The van der Waals surface area contributed by atoms with E-state index in [2.05, 4.69) is 10.4 Å². The molecule has 1 aromatic heterocycles. The van der Waals surface area contributed by atoms with E-state index < -0.39 is 6.10 Å². The summed E-state index contributed by atoms with van der Waals surface area (Å²) in [5, 5.41) is 18.1. The molecule has 1 saturated heterocycles. The van der Waals surface area contributed by atoms with E-state index in [1.54, 1.807) is 6.20 Å². The Morgan fingerprint density at radius 3 is 2.89 bits per heavy atom. The third-order valence-corrected chi connectivity index (χ3v) is 3.75. The van der Waals surface area contributed by atoms with Crippen molar-refractivity contribution in [1.29, 1.82) is 0 Å². The van der Waals surface area contributed by atoms with Crippen molar-refractivity contribution in [3.8, 4) is 5.69 Å². The van der Waals surface area contributed by atoms with E-state index >= 15 is 0 Å². The van der Waals surface area contributed by atoms with Gasteiger partial charge in [-0.25, -0.2) is 4.68 Å². The molecule has 2 atom stereocenters. The molecule has 0 radical (unpaired) electrons. The normalized spacial score (nSPS) is 21.2. The van der Waals surface area contributed by atoms with Crippen LogP contribution in [0, 0.1) is 5.92 Å². The summed E-state index contributed by atoms with van der Waals surface area (Å²) in [6, 6.07) is 9.96. The zero-order valence-corrected chi connectivity index (χ0v) is 10.9. The van der Waals surface area contributed by atoms with Crippen LogP contribution in [-0.4, -0.2) is 28.0 Å². The summed E-state index contributed by atoms with van der Waals surface area (Å²) in [4.78, 5) is 0. The van der Waals surface area contributed by atoms with Crippen molar-refractivity contribution >= 4 is 0 Å². The average Bonchev–Trinajstić information content (AvgIpc) is 2.98.